The van der Waals surface area contributed by atoms with Crippen LogP contribution in [0.25, 0.3) is 10.9 Å². The zero-order valence-corrected chi connectivity index (χ0v) is 18.5. The van der Waals surface area contributed by atoms with Crippen molar-refractivity contribution in [2.75, 3.05) is 0 Å². The quantitative estimate of drug-likeness (QED) is 0.198. The van der Waals surface area contributed by atoms with E-state index >= 15 is 0 Å². The normalized spacial score (nSPS) is 11.2. The van der Waals surface area contributed by atoms with Crippen molar-refractivity contribution in [3.05, 3.63) is 147 Å². The van der Waals surface area contributed by atoms with Crippen molar-refractivity contribution in [1.29, 1.82) is 0 Å². The van der Waals surface area contributed by atoms with Crippen LogP contribution in [-0.4, -0.2) is 9.49 Å². The number of fused-ring (bicyclic) bond motifs is 1. The average molecular weight is 453 g/mol. The molecule has 0 aliphatic heterocycles. The highest BCUT2D eigenvalue weighted by Crippen LogP contribution is 2.35. The summed E-state index contributed by atoms with van der Waals surface area (Å²) in [4.78, 5) is 10.6. The van der Waals surface area contributed by atoms with E-state index in [2.05, 4.69) is 65.4 Å². The van der Waals surface area contributed by atoms with E-state index in [1.54, 1.807) is 12.1 Å². The molecule has 5 rings (SSSR count). The average Bonchev–Trinajstić information content (AvgIpc) is 3.18. The highest BCUT2D eigenvalue weighted by Gasteiger charge is 2.20. The molecule has 5 heteroatoms. The van der Waals surface area contributed by atoms with Gasteiger partial charge in [-0.3, -0.25) is 10.1 Å². The molecule has 0 spiro atoms. The minimum Gasteiger partial charge on any atom is -0.335 e. The van der Waals surface area contributed by atoms with E-state index in [0.29, 0.717) is 11.4 Å². The summed E-state index contributed by atoms with van der Waals surface area (Å²) < 4.78 is 2.28. The third-order valence-corrected chi connectivity index (χ3v) is 6.16. The highest BCUT2D eigenvalue weighted by atomic mass is 35.5. The largest absolute Gasteiger partial charge is 0.335 e. The SMILES string of the molecule is O=[N+]([O-])c1ccc(Cc2cn(C(c3ccccc3)c3ccccc3)c3cc(Cl)ccc23)cc1. The van der Waals surface area contributed by atoms with Gasteiger partial charge in [0.1, 0.15) is 0 Å². The molecule has 4 aromatic carbocycles. The van der Waals surface area contributed by atoms with Gasteiger partial charge in [0, 0.05) is 28.7 Å². The molecule has 0 saturated heterocycles. The minimum atomic E-state index is -0.373. The number of halogens is 1. The van der Waals surface area contributed by atoms with Gasteiger partial charge in [0.25, 0.3) is 5.69 Å². The van der Waals surface area contributed by atoms with Crippen molar-refractivity contribution in [2.45, 2.75) is 12.5 Å². The van der Waals surface area contributed by atoms with E-state index in [1.807, 2.05) is 36.4 Å². The summed E-state index contributed by atoms with van der Waals surface area (Å²) in [6.45, 7) is 0. The summed E-state index contributed by atoms with van der Waals surface area (Å²) in [7, 11) is 0. The van der Waals surface area contributed by atoms with Crippen LogP contribution in [0.3, 0.4) is 0 Å². The number of nitrogens with zero attached hydrogens (tertiary/aromatic N) is 2. The Morgan fingerprint density at radius 1 is 0.818 bits per heavy atom. The molecule has 162 valence electrons. The Labute approximate surface area is 196 Å². The van der Waals surface area contributed by atoms with E-state index in [0.717, 1.165) is 22.0 Å². The number of nitro groups is 1. The Morgan fingerprint density at radius 3 is 2.00 bits per heavy atom. The molecule has 0 atom stereocenters. The van der Waals surface area contributed by atoms with Crippen molar-refractivity contribution in [3.8, 4) is 0 Å². The van der Waals surface area contributed by atoms with Crippen LogP contribution in [0, 0.1) is 10.1 Å². The molecule has 1 aromatic heterocycles. The molecule has 0 saturated carbocycles. The molecule has 0 aliphatic carbocycles. The summed E-state index contributed by atoms with van der Waals surface area (Å²) in [6.07, 6.45) is 2.85. The van der Waals surface area contributed by atoms with Gasteiger partial charge in [-0.25, -0.2) is 0 Å². The van der Waals surface area contributed by atoms with Crippen LogP contribution in [-0.2, 0) is 6.42 Å². The topological polar surface area (TPSA) is 48.1 Å². The lowest BCUT2D eigenvalue weighted by molar-refractivity contribution is -0.384. The summed E-state index contributed by atoms with van der Waals surface area (Å²) in [5, 5.41) is 12.8. The van der Waals surface area contributed by atoms with Crippen LogP contribution in [0.15, 0.2) is 109 Å². The van der Waals surface area contributed by atoms with E-state index in [4.69, 9.17) is 11.6 Å². The van der Waals surface area contributed by atoms with Crippen LogP contribution < -0.4 is 0 Å². The molecule has 0 amide bonds. The maximum Gasteiger partial charge on any atom is 0.269 e. The van der Waals surface area contributed by atoms with E-state index in [1.165, 1.54) is 11.1 Å². The van der Waals surface area contributed by atoms with E-state index in [9.17, 15) is 10.1 Å². The molecule has 33 heavy (non-hydrogen) atoms. The lowest BCUT2D eigenvalue weighted by Crippen LogP contribution is -2.11. The van der Waals surface area contributed by atoms with Gasteiger partial charge in [0.05, 0.1) is 16.5 Å². The predicted octanol–water partition coefficient (Wildman–Crippen LogP) is 7.43. The first kappa shape index (κ1) is 21.0. The number of nitro benzene ring substituents is 1. The van der Waals surface area contributed by atoms with Gasteiger partial charge in [-0.2, -0.15) is 0 Å². The van der Waals surface area contributed by atoms with E-state index in [-0.39, 0.29) is 16.7 Å². The molecule has 0 radical (unpaired) electrons. The van der Waals surface area contributed by atoms with Crippen LogP contribution in [0.1, 0.15) is 28.3 Å². The van der Waals surface area contributed by atoms with Gasteiger partial charge in [-0.1, -0.05) is 90.5 Å². The molecule has 1 heterocycles. The van der Waals surface area contributed by atoms with Gasteiger partial charge < -0.3 is 4.57 Å². The number of aromatic nitrogens is 1. The summed E-state index contributed by atoms with van der Waals surface area (Å²) in [5.41, 5.74) is 5.68. The number of hydrogen-bond acceptors (Lipinski definition) is 2. The molecule has 0 unspecified atom stereocenters. The third kappa shape index (κ3) is 4.26. The third-order valence-electron chi connectivity index (χ3n) is 5.93. The first-order chi connectivity index (χ1) is 16.1. The van der Waals surface area contributed by atoms with Crippen LogP contribution in [0.2, 0.25) is 5.02 Å². The van der Waals surface area contributed by atoms with Crippen LogP contribution in [0.4, 0.5) is 5.69 Å². The number of hydrogen-bond donors (Lipinski definition) is 0. The number of non-ortho nitro benzene ring substituents is 1. The first-order valence-corrected chi connectivity index (χ1v) is 11.1. The Kier molecular flexibility index (Phi) is 5.68. The maximum atomic E-state index is 11.0. The van der Waals surface area contributed by atoms with Crippen molar-refractivity contribution < 1.29 is 4.92 Å². The van der Waals surface area contributed by atoms with Gasteiger partial charge in [0.2, 0.25) is 0 Å². The van der Waals surface area contributed by atoms with Crippen molar-refractivity contribution in [1.82, 2.24) is 4.57 Å². The van der Waals surface area contributed by atoms with Crippen LogP contribution in [0.5, 0.6) is 0 Å². The Bertz CT molecular complexity index is 1370. The van der Waals surface area contributed by atoms with Gasteiger partial charge in [0.15, 0.2) is 0 Å². The van der Waals surface area contributed by atoms with Crippen molar-refractivity contribution >= 4 is 28.2 Å². The van der Waals surface area contributed by atoms with Gasteiger partial charge in [-0.15, -0.1) is 0 Å². The number of rotatable bonds is 6. The zero-order valence-electron chi connectivity index (χ0n) is 17.8. The lowest BCUT2D eigenvalue weighted by Gasteiger charge is -2.21. The Morgan fingerprint density at radius 2 is 1.42 bits per heavy atom. The fourth-order valence-electron chi connectivity index (χ4n) is 4.39. The summed E-state index contributed by atoms with van der Waals surface area (Å²) >= 11 is 6.43. The standard InChI is InChI=1S/C28H21ClN2O2/c29-24-13-16-26-23(17-20-11-14-25(15-12-20)31(32)33)19-30(27(26)18-24)28(21-7-3-1-4-8-21)22-9-5-2-6-10-22/h1-16,18-19,28H,17H2. The van der Waals surface area contributed by atoms with Gasteiger partial charge >= 0.3 is 0 Å². The summed E-state index contributed by atoms with van der Waals surface area (Å²) in [5.74, 6) is 0. The molecule has 0 bridgehead atoms. The Hall–Kier alpha value is -3.89. The smallest absolute Gasteiger partial charge is 0.269 e. The molecule has 0 N–H and O–H groups in total. The molecule has 0 fully saturated rings. The minimum absolute atomic E-state index is 0.0148. The lowest BCUT2D eigenvalue weighted by atomic mass is 9.98. The van der Waals surface area contributed by atoms with E-state index < -0.39 is 0 Å². The monoisotopic (exact) mass is 452 g/mol. The highest BCUT2D eigenvalue weighted by molar-refractivity contribution is 6.31. The predicted molar refractivity (Wildman–Crippen MR) is 133 cm³/mol. The molecular formula is C28H21ClN2O2. The number of benzene rings is 4. The maximum absolute atomic E-state index is 11.0. The van der Waals surface area contributed by atoms with Crippen LogP contribution >= 0.6 is 11.6 Å². The second-order valence-corrected chi connectivity index (χ2v) is 8.48. The first-order valence-electron chi connectivity index (χ1n) is 10.7. The Balaban J connectivity index is 1.66. The second kappa shape index (κ2) is 8.93. The molecular weight excluding hydrogens is 432 g/mol. The fourth-order valence-corrected chi connectivity index (χ4v) is 4.56. The molecule has 4 nitrogen and oxygen atoms in total. The zero-order chi connectivity index (χ0) is 22.8. The summed E-state index contributed by atoms with van der Waals surface area (Å²) in [6, 6.07) is 33.6. The van der Waals surface area contributed by atoms with Gasteiger partial charge in [-0.05, 0) is 40.8 Å². The van der Waals surface area contributed by atoms with Crippen molar-refractivity contribution in [3.63, 3.8) is 0 Å². The van der Waals surface area contributed by atoms with Crippen molar-refractivity contribution in [2.24, 2.45) is 0 Å². The molecule has 5 aromatic rings. The fraction of sp³-hybridized carbons (Fsp3) is 0.0714. The second-order valence-electron chi connectivity index (χ2n) is 8.05. The molecule has 0 aliphatic rings.